The van der Waals surface area contributed by atoms with E-state index in [2.05, 4.69) is 28.5 Å². The fourth-order valence-corrected chi connectivity index (χ4v) is 3.81. The summed E-state index contributed by atoms with van der Waals surface area (Å²) in [5, 5.41) is 4.58. The maximum Gasteiger partial charge on any atom is 0.202 e. The van der Waals surface area contributed by atoms with Gasteiger partial charge in [0, 0.05) is 36.0 Å². The Morgan fingerprint density at radius 2 is 2.22 bits per heavy atom. The standard InChI is InChI=1S/C13H21N3OS/c1-8(2)12-15-13(18-16-12)14-10-4-3-5-11-9(10)6-7-17-11/h8-11H,3-7H2,1-2H3,(H,14,15,16)/t9-,10-,11+/m1/s1. The number of hydrogen-bond acceptors (Lipinski definition) is 5. The minimum Gasteiger partial charge on any atom is -0.378 e. The highest BCUT2D eigenvalue weighted by atomic mass is 32.1. The summed E-state index contributed by atoms with van der Waals surface area (Å²) in [6.45, 7) is 5.20. The van der Waals surface area contributed by atoms with Crippen molar-refractivity contribution in [3.8, 4) is 0 Å². The van der Waals surface area contributed by atoms with Crippen molar-refractivity contribution in [3.63, 3.8) is 0 Å². The molecular formula is C13H21N3OS. The molecule has 1 aromatic heterocycles. The molecule has 18 heavy (non-hydrogen) atoms. The third kappa shape index (κ3) is 2.38. The van der Waals surface area contributed by atoms with Crippen molar-refractivity contribution in [1.29, 1.82) is 0 Å². The molecule has 1 saturated heterocycles. The van der Waals surface area contributed by atoms with Crippen LogP contribution >= 0.6 is 11.5 Å². The molecule has 2 heterocycles. The van der Waals surface area contributed by atoms with Crippen LogP contribution < -0.4 is 5.32 Å². The maximum absolute atomic E-state index is 5.80. The van der Waals surface area contributed by atoms with Crippen molar-refractivity contribution < 1.29 is 4.74 Å². The van der Waals surface area contributed by atoms with Gasteiger partial charge in [-0.25, -0.2) is 4.98 Å². The summed E-state index contributed by atoms with van der Waals surface area (Å²) in [6, 6.07) is 0.527. The molecule has 0 spiro atoms. The maximum atomic E-state index is 5.80. The highest BCUT2D eigenvalue weighted by molar-refractivity contribution is 7.09. The summed E-state index contributed by atoms with van der Waals surface area (Å²) < 4.78 is 10.2. The van der Waals surface area contributed by atoms with Crippen LogP contribution in [0.1, 0.15) is 51.3 Å². The lowest BCUT2D eigenvalue weighted by Gasteiger charge is -2.32. The van der Waals surface area contributed by atoms with Gasteiger partial charge < -0.3 is 10.1 Å². The van der Waals surface area contributed by atoms with Gasteiger partial charge in [-0.15, -0.1) is 0 Å². The van der Waals surface area contributed by atoms with E-state index in [1.54, 1.807) is 0 Å². The molecule has 1 saturated carbocycles. The summed E-state index contributed by atoms with van der Waals surface area (Å²) in [7, 11) is 0. The average Bonchev–Trinajstić information content (AvgIpc) is 2.97. The van der Waals surface area contributed by atoms with Crippen LogP contribution in [-0.2, 0) is 4.74 Å². The zero-order chi connectivity index (χ0) is 12.5. The van der Waals surface area contributed by atoms with Crippen molar-refractivity contribution in [3.05, 3.63) is 5.82 Å². The normalized spacial score (nSPS) is 31.6. The molecule has 3 rings (SSSR count). The van der Waals surface area contributed by atoms with Gasteiger partial charge in [0.1, 0.15) is 5.82 Å². The van der Waals surface area contributed by atoms with Gasteiger partial charge in [0.25, 0.3) is 0 Å². The van der Waals surface area contributed by atoms with Crippen LogP contribution in [0.5, 0.6) is 0 Å². The lowest BCUT2D eigenvalue weighted by atomic mass is 9.82. The van der Waals surface area contributed by atoms with E-state index in [-0.39, 0.29) is 0 Å². The van der Waals surface area contributed by atoms with Crippen molar-refractivity contribution in [1.82, 2.24) is 9.36 Å². The third-order valence-electron chi connectivity index (χ3n) is 4.05. The molecule has 0 amide bonds. The lowest BCUT2D eigenvalue weighted by Crippen LogP contribution is -2.38. The van der Waals surface area contributed by atoms with Gasteiger partial charge in [0.15, 0.2) is 0 Å². The quantitative estimate of drug-likeness (QED) is 0.914. The monoisotopic (exact) mass is 267 g/mol. The number of rotatable bonds is 3. The number of ether oxygens (including phenoxy) is 1. The Morgan fingerprint density at radius 1 is 1.33 bits per heavy atom. The molecule has 4 nitrogen and oxygen atoms in total. The number of fused-ring (bicyclic) bond motifs is 1. The predicted octanol–water partition coefficient (Wildman–Crippen LogP) is 3.03. The third-order valence-corrected chi connectivity index (χ3v) is 4.71. The Labute approximate surface area is 112 Å². The van der Waals surface area contributed by atoms with Gasteiger partial charge in [-0.2, -0.15) is 4.37 Å². The summed E-state index contributed by atoms with van der Waals surface area (Å²) in [5.41, 5.74) is 0. The van der Waals surface area contributed by atoms with E-state index in [0.29, 0.717) is 24.0 Å². The van der Waals surface area contributed by atoms with E-state index in [1.165, 1.54) is 37.2 Å². The van der Waals surface area contributed by atoms with Crippen LogP contribution in [0.4, 0.5) is 5.13 Å². The Kier molecular flexibility index (Phi) is 3.52. The number of nitrogens with one attached hydrogen (secondary N) is 1. The molecule has 2 aliphatic rings. The fraction of sp³-hybridized carbons (Fsp3) is 0.846. The molecule has 2 fully saturated rings. The van der Waals surface area contributed by atoms with Gasteiger partial charge in [0.2, 0.25) is 5.13 Å². The minimum absolute atomic E-state index is 0.408. The summed E-state index contributed by atoms with van der Waals surface area (Å²) >= 11 is 1.49. The summed E-state index contributed by atoms with van der Waals surface area (Å²) in [6.07, 6.45) is 5.40. The molecule has 1 N–H and O–H groups in total. The molecule has 0 radical (unpaired) electrons. The van der Waals surface area contributed by atoms with Gasteiger partial charge >= 0.3 is 0 Å². The number of hydrogen-bond donors (Lipinski definition) is 1. The summed E-state index contributed by atoms with van der Waals surface area (Å²) in [5.74, 6) is 2.04. The van der Waals surface area contributed by atoms with Gasteiger partial charge in [-0.1, -0.05) is 13.8 Å². The topological polar surface area (TPSA) is 47.0 Å². The smallest absolute Gasteiger partial charge is 0.202 e. The first-order valence-corrected chi connectivity index (χ1v) is 7.73. The molecule has 100 valence electrons. The van der Waals surface area contributed by atoms with E-state index < -0.39 is 0 Å². The number of nitrogens with zero attached hydrogens (tertiary/aromatic N) is 2. The SMILES string of the molecule is CC(C)c1nsc(N[C@@H]2CCC[C@@H]3OCC[C@@H]32)n1. The van der Waals surface area contributed by atoms with Crippen LogP contribution in [-0.4, -0.2) is 28.1 Å². The predicted molar refractivity (Wildman–Crippen MR) is 73.1 cm³/mol. The van der Waals surface area contributed by atoms with Gasteiger partial charge in [-0.3, -0.25) is 0 Å². The first-order valence-electron chi connectivity index (χ1n) is 6.96. The average molecular weight is 267 g/mol. The Bertz CT molecular complexity index is 407. The first-order chi connectivity index (χ1) is 8.74. The fourth-order valence-electron chi connectivity index (χ4n) is 3.04. The van der Waals surface area contributed by atoms with E-state index in [9.17, 15) is 0 Å². The number of anilines is 1. The number of aromatic nitrogens is 2. The molecule has 0 bridgehead atoms. The van der Waals surface area contributed by atoms with Crippen molar-refractivity contribution in [2.75, 3.05) is 11.9 Å². The second-order valence-corrected chi connectivity index (χ2v) is 6.41. The molecule has 1 aliphatic carbocycles. The Morgan fingerprint density at radius 3 is 3.00 bits per heavy atom. The van der Waals surface area contributed by atoms with Crippen LogP contribution in [0, 0.1) is 5.92 Å². The van der Waals surface area contributed by atoms with Crippen molar-refractivity contribution in [2.24, 2.45) is 5.92 Å². The highest BCUT2D eigenvalue weighted by Gasteiger charge is 2.37. The van der Waals surface area contributed by atoms with E-state index in [4.69, 9.17) is 4.74 Å². The summed E-state index contributed by atoms with van der Waals surface area (Å²) in [4.78, 5) is 4.57. The van der Waals surface area contributed by atoms with E-state index in [0.717, 1.165) is 17.6 Å². The first kappa shape index (κ1) is 12.4. The van der Waals surface area contributed by atoms with Crippen molar-refractivity contribution >= 4 is 16.7 Å². The minimum atomic E-state index is 0.408. The molecule has 1 aliphatic heterocycles. The largest absolute Gasteiger partial charge is 0.378 e. The second-order valence-electron chi connectivity index (χ2n) is 5.66. The van der Waals surface area contributed by atoms with Gasteiger partial charge in [0.05, 0.1) is 6.10 Å². The molecular weight excluding hydrogens is 246 g/mol. The molecule has 1 aromatic rings. The van der Waals surface area contributed by atoms with E-state index in [1.807, 2.05) is 0 Å². The zero-order valence-electron chi connectivity index (χ0n) is 11.1. The van der Waals surface area contributed by atoms with Crippen molar-refractivity contribution in [2.45, 2.75) is 57.6 Å². The Balaban J connectivity index is 1.67. The van der Waals surface area contributed by atoms with Crippen LogP contribution in [0.2, 0.25) is 0 Å². The Hall–Kier alpha value is -0.680. The van der Waals surface area contributed by atoms with Crippen LogP contribution in [0.15, 0.2) is 0 Å². The van der Waals surface area contributed by atoms with Crippen LogP contribution in [0.3, 0.4) is 0 Å². The van der Waals surface area contributed by atoms with Crippen LogP contribution in [0.25, 0.3) is 0 Å². The zero-order valence-corrected chi connectivity index (χ0v) is 11.9. The van der Waals surface area contributed by atoms with Gasteiger partial charge in [-0.05, 0) is 25.7 Å². The molecule has 0 unspecified atom stereocenters. The molecule has 5 heteroatoms. The molecule has 0 aromatic carbocycles. The second kappa shape index (κ2) is 5.13. The highest BCUT2D eigenvalue weighted by Crippen LogP contribution is 2.36. The van der Waals surface area contributed by atoms with E-state index >= 15 is 0 Å². The lowest BCUT2D eigenvalue weighted by molar-refractivity contribution is 0.0620. The molecule has 3 atom stereocenters.